The van der Waals surface area contributed by atoms with E-state index in [-0.39, 0.29) is 5.91 Å². The summed E-state index contributed by atoms with van der Waals surface area (Å²) in [5.41, 5.74) is 0.952. The monoisotopic (exact) mass is 324 g/mol. The summed E-state index contributed by atoms with van der Waals surface area (Å²) in [7, 11) is 0. The average Bonchev–Trinajstić information content (AvgIpc) is 2.58. The number of hydrogen-bond acceptors (Lipinski definition) is 3. The molecule has 0 saturated carbocycles. The third-order valence-electron chi connectivity index (χ3n) is 3.08. The molecule has 114 valence electrons. The highest BCUT2D eigenvalue weighted by Gasteiger charge is 2.14. The molecule has 2 aromatic carbocycles. The third-order valence-corrected chi connectivity index (χ3v) is 3.31. The maximum Gasteiger partial charge on any atom is 0.259 e. The molecule has 0 aliphatic carbocycles. The van der Waals surface area contributed by atoms with Gasteiger partial charge < -0.3 is 10.1 Å². The summed E-state index contributed by atoms with van der Waals surface area (Å²) in [5.74, 6) is 0.763. The summed E-state index contributed by atoms with van der Waals surface area (Å²) < 4.78 is 5.79. The van der Waals surface area contributed by atoms with Gasteiger partial charge in [-0.15, -0.1) is 0 Å². The van der Waals surface area contributed by atoms with Crippen molar-refractivity contribution in [1.29, 1.82) is 0 Å². The van der Waals surface area contributed by atoms with Crippen LogP contribution in [0.25, 0.3) is 0 Å². The Morgan fingerprint density at radius 3 is 2.61 bits per heavy atom. The Balaban J connectivity index is 1.88. The second-order valence-corrected chi connectivity index (χ2v) is 5.19. The van der Waals surface area contributed by atoms with Crippen LogP contribution in [0.2, 0.25) is 5.02 Å². The quantitative estimate of drug-likeness (QED) is 0.751. The highest BCUT2D eigenvalue weighted by molar-refractivity contribution is 6.31. The number of ether oxygens (including phenoxy) is 1. The SMILES string of the molecule is O=C(Nc1cccnc1)c1cc(Cl)ccc1Oc1ccccc1. The molecule has 0 radical (unpaired) electrons. The van der Waals surface area contributed by atoms with Crippen molar-refractivity contribution in [1.82, 2.24) is 4.98 Å². The van der Waals surface area contributed by atoms with E-state index in [2.05, 4.69) is 10.3 Å². The van der Waals surface area contributed by atoms with E-state index in [1.807, 2.05) is 30.3 Å². The molecule has 3 aromatic rings. The van der Waals surface area contributed by atoms with Crippen molar-refractivity contribution in [3.63, 3.8) is 0 Å². The summed E-state index contributed by atoms with van der Waals surface area (Å²) in [6.45, 7) is 0. The molecule has 1 aromatic heterocycles. The number of aromatic nitrogens is 1. The standard InChI is InChI=1S/C18H13ClN2O2/c19-13-8-9-17(23-15-6-2-1-3-7-15)16(11-13)18(22)21-14-5-4-10-20-12-14/h1-12H,(H,21,22). The molecular weight excluding hydrogens is 312 g/mol. The molecule has 0 atom stereocenters. The molecule has 0 aliphatic rings. The molecule has 0 saturated heterocycles. The van der Waals surface area contributed by atoms with Gasteiger partial charge in [0.25, 0.3) is 5.91 Å². The minimum absolute atomic E-state index is 0.313. The van der Waals surface area contributed by atoms with Crippen LogP contribution in [0.4, 0.5) is 5.69 Å². The predicted molar refractivity (Wildman–Crippen MR) is 90.2 cm³/mol. The number of carbonyl (C=O) groups is 1. The molecule has 5 heteroatoms. The first-order valence-corrected chi connectivity index (χ1v) is 7.34. The normalized spacial score (nSPS) is 10.1. The van der Waals surface area contributed by atoms with Crippen molar-refractivity contribution in [2.75, 3.05) is 5.32 Å². The van der Waals surface area contributed by atoms with Gasteiger partial charge in [0.1, 0.15) is 11.5 Å². The van der Waals surface area contributed by atoms with Crippen LogP contribution in [-0.4, -0.2) is 10.9 Å². The Bertz CT molecular complexity index is 808. The van der Waals surface area contributed by atoms with Gasteiger partial charge in [0.2, 0.25) is 0 Å². The fourth-order valence-electron chi connectivity index (χ4n) is 2.02. The average molecular weight is 325 g/mol. The minimum Gasteiger partial charge on any atom is -0.457 e. The molecular formula is C18H13ClN2O2. The molecule has 1 N–H and O–H groups in total. The molecule has 0 unspecified atom stereocenters. The second kappa shape index (κ2) is 6.94. The highest BCUT2D eigenvalue weighted by Crippen LogP contribution is 2.28. The summed E-state index contributed by atoms with van der Waals surface area (Å²) in [6, 6.07) is 17.7. The first-order valence-electron chi connectivity index (χ1n) is 6.96. The number of nitrogens with zero attached hydrogens (tertiary/aromatic N) is 1. The maximum atomic E-state index is 12.5. The van der Waals surface area contributed by atoms with Crippen LogP contribution in [-0.2, 0) is 0 Å². The van der Waals surface area contributed by atoms with Crippen LogP contribution in [0.15, 0.2) is 73.1 Å². The zero-order valence-corrected chi connectivity index (χ0v) is 12.8. The van der Waals surface area contributed by atoms with Gasteiger partial charge >= 0.3 is 0 Å². The van der Waals surface area contributed by atoms with E-state index in [0.29, 0.717) is 27.8 Å². The Morgan fingerprint density at radius 1 is 1.04 bits per heavy atom. The highest BCUT2D eigenvalue weighted by atomic mass is 35.5. The Kier molecular flexibility index (Phi) is 4.54. The zero-order chi connectivity index (χ0) is 16.1. The zero-order valence-electron chi connectivity index (χ0n) is 12.1. The van der Waals surface area contributed by atoms with E-state index in [9.17, 15) is 4.79 Å². The van der Waals surface area contributed by atoms with Gasteiger partial charge in [-0.3, -0.25) is 9.78 Å². The van der Waals surface area contributed by atoms with Crippen molar-refractivity contribution in [3.05, 3.63) is 83.6 Å². The smallest absolute Gasteiger partial charge is 0.259 e. The molecule has 0 fully saturated rings. The molecule has 1 amide bonds. The van der Waals surface area contributed by atoms with Crippen LogP contribution in [0.1, 0.15) is 10.4 Å². The van der Waals surface area contributed by atoms with Gasteiger partial charge in [-0.25, -0.2) is 0 Å². The maximum absolute atomic E-state index is 12.5. The van der Waals surface area contributed by atoms with Crippen molar-refractivity contribution in [3.8, 4) is 11.5 Å². The summed E-state index contributed by atoms with van der Waals surface area (Å²) in [6.07, 6.45) is 3.21. The lowest BCUT2D eigenvalue weighted by Gasteiger charge is -2.12. The van der Waals surface area contributed by atoms with Crippen LogP contribution in [0.5, 0.6) is 11.5 Å². The largest absolute Gasteiger partial charge is 0.457 e. The van der Waals surface area contributed by atoms with Crippen LogP contribution >= 0.6 is 11.6 Å². The lowest BCUT2D eigenvalue weighted by molar-refractivity contribution is 0.102. The number of amides is 1. The van der Waals surface area contributed by atoms with Crippen LogP contribution in [0, 0.1) is 0 Å². The number of benzene rings is 2. The molecule has 23 heavy (non-hydrogen) atoms. The molecule has 0 spiro atoms. The Morgan fingerprint density at radius 2 is 1.87 bits per heavy atom. The van der Waals surface area contributed by atoms with E-state index in [1.54, 1.807) is 42.7 Å². The van der Waals surface area contributed by atoms with Crippen molar-refractivity contribution < 1.29 is 9.53 Å². The molecule has 3 rings (SSSR count). The molecule has 4 nitrogen and oxygen atoms in total. The Labute approximate surface area is 138 Å². The molecule has 1 heterocycles. The molecule has 0 aliphatic heterocycles. The fourth-order valence-corrected chi connectivity index (χ4v) is 2.19. The number of pyridine rings is 1. The molecule has 0 bridgehead atoms. The number of nitrogens with one attached hydrogen (secondary N) is 1. The van der Waals surface area contributed by atoms with E-state index >= 15 is 0 Å². The van der Waals surface area contributed by atoms with E-state index in [1.165, 1.54) is 0 Å². The van der Waals surface area contributed by atoms with Crippen molar-refractivity contribution in [2.45, 2.75) is 0 Å². The second-order valence-electron chi connectivity index (χ2n) is 4.75. The first-order chi connectivity index (χ1) is 11.2. The summed E-state index contributed by atoms with van der Waals surface area (Å²) in [5, 5.41) is 3.23. The van der Waals surface area contributed by atoms with Crippen LogP contribution in [0.3, 0.4) is 0 Å². The van der Waals surface area contributed by atoms with E-state index in [4.69, 9.17) is 16.3 Å². The fraction of sp³-hybridized carbons (Fsp3) is 0. The van der Waals surface area contributed by atoms with Gasteiger partial charge in [0.05, 0.1) is 17.4 Å². The van der Waals surface area contributed by atoms with Gasteiger partial charge in [-0.1, -0.05) is 29.8 Å². The number of anilines is 1. The van der Waals surface area contributed by atoms with Gasteiger partial charge in [-0.2, -0.15) is 0 Å². The lowest BCUT2D eigenvalue weighted by atomic mass is 10.2. The Hall–Kier alpha value is -2.85. The van der Waals surface area contributed by atoms with Crippen molar-refractivity contribution >= 4 is 23.2 Å². The summed E-state index contributed by atoms with van der Waals surface area (Å²) in [4.78, 5) is 16.5. The topological polar surface area (TPSA) is 51.2 Å². The minimum atomic E-state index is -0.313. The number of halogens is 1. The number of para-hydroxylation sites is 1. The third kappa shape index (κ3) is 3.87. The number of carbonyl (C=O) groups excluding carboxylic acids is 1. The first kappa shape index (κ1) is 15.1. The van der Waals surface area contributed by atoms with E-state index in [0.717, 1.165) is 0 Å². The van der Waals surface area contributed by atoms with Crippen LogP contribution < -0.4 is 10.1 Å². The lowest BCUT2D eigenvalue weighted by Crippen LogP contribution is -2.13. The van der Waals surface area contributed by atoms with E-state index < -0.39 is 0 Å². The predicted octanol–water partition coefficient (Wildman–Crippen LogP) is 4.78. The van der Waals surface area contributed by atoms with Gasteiger partial charge in [-0.05, 0) is 42.5 Å². The number of hydrogen-bond donors (Lipinski definition) is 1. The summed E-state index contributed by atoms with van der Waals surface area (Å²) >= 11 is 6.02. The number of rotatable bonds is 4. The van der Waals surface area contributed by atoms with Gasteiger partial charge in [0, 0.05) is 11.2 Å². The van der Waals surface area contributed by atoms with Crippen molar-refractivity contribution in [2.24, 2.45) is 0 Å². The van der Waals surface area contributed by atoms with Gasteiger partial charge in [0.15, 0.2) is 0 Å².